The predicted molar refractivity (Wildman–Crippen MR) is 141 cm³/mol. The molecule has 0 aliphatic carbocycles. The molecule has 4 aromatic rings. The van der Waals surface area contributed by atoms with Crippen molar-refractivity contribution in [2.45, 2.75) is 17.7 Å². The lowest BCUT2D eigenvalue weighted by Crippen LogP contribution is -2.42. The standard InChI is InChI=1S/C30H30N2O4/c1-31(2)28(29(33)23-18-20-27(21-19-23)32(34)35)22-36-30(24-12-6-3-7-13-24,25-14-8-4-9-15-25)26-16-10-5-11-17-26/h3-21,28-29,33H,22H2,1-2H3/t28-,29-/m0/s1. The fourth-order valence-electron chi connectivity index (χ4n) is 4.52. The SMILES string of the molecule is CN(C)[C@@H](COC(c1ccccc1)(c1ccccc1)c1ccccc1)[C@@H](O)c1ccc([N+](=O)[O-])cc1. The smallest absolute Gasteiger partial charge is 0.269 e. The molecule has 0 fully saturated rings. The Kier molecular flexibility index (Phi) is 7.90. The van der Waals surface area contributed by atoms with Crippen LogP contribution in [0.25, 0.3) is 0 Å². The largest absolute Gasteiger partial charge is 0.387 e. The van der Waals surface area contributed by atoms with E-state index in [1.807, 2.05) is 73.6 Å². The summed E-state index contributed by atoms with van der Waals surface area (Å²) in [5.74, 6) is 0. The molecule has 0 bridgehead atoms. The molecule has 0 amide bonds. The summed E-state index contributed by atoms with van der Waals surface area (Å²) in [7, 11) is 3.77. The van der Waals surface area contributed by atoms with Crippen molar-refractivity contribution in [1.29, 1.82) is 0 Å². The molecule has 0 unspecified atom stereocenters. The number of aliphatic hydroxyl groups excluding tert-OH is 1. The lowest BCUT2D eigenvalue weighted by atomic mass is 9.80. The highest BCUT2D eigenvalue weighted by molar-refractivity contribution is 5.47. The summed E-state index contributed by atoms with van der Waals surface area (Å²) in [5, 5.41) is 22.4. The highest BCUT2D eigenvalue weighted by Gasteiger charge is 2.39. The van der Waals surface area contributed by atoms with Gasteiger partial charge in [0.25, 0.3) is 5.69 Å². The van der Waals surface area contributed by atoms with Crippen molar-refractivity contribution in [2.24, 2.45) is 0 Å². The first-order chi connectivity index (χ1) is 17.4. The van der Waals surface area contributed by atoms with Crippen molar-refractivity contribution in [3.05, 3.63) is 148 Å². The Morgan fingerprint density at radius 3 is 1.56 bits per heavy atom. The second-order valence-electron chi connectivity index (χ2n) is 8.91. The molecular weight excluding hydrogens is 452 g/mol. The summed E-state index contributed by atoms with van der Waals surface area (Å²) in [6.07, 6.45) is -0.916. The molecule has 1 N–H and O–H groups in total. The minimum atomic E-state index is -0.916. The van der Waals surface area contributed by atoms with Crippen molar-refractivity contribution in [3.8, 4) is 0 Å². The van der Waals surface area contributed by atoms with Gasteiger partial charge in [-0.1, -0.05) is 91.0 Å². The van der Waals surface area contributed by atoms with Crippen molar-refractivity contribution < 1.29 is 14.8 Å². The number of rotatable bonds is 10. The van der Waals surface area contributed by atoms with E-state index in [-0.39, 0.29) is 12.3 Å². The number of aliphatic hydroxyl groups is 1. The summed E-state index contributed by atoms with van der Waals surface area (Å²) < 4.78 is 6.91. The summed E-state index contributed by atoms with van der Waals surface area (Å²) in [4.78, 5) is 12.5. The average molecular weight is 483 g/mol. The Bertz CT molecular complexity index is 1150. The van der Waals surface area contributed by atoms with Crippen LogP contribution in [0.1, 0.15) is 28.4 Å². The van der Waals surface area contributed by atoms with Crippen molar-refractivity contribution in [2.75, 3.05) is 20.7 Å². The van der Waals surface area contributed by atoms with Crippen LogP contribution in [-0.2, 0) is 10.3 Å². The Morgan fingerprint density at radius 1 is 0.778 bits per heavy atom. The summed E-state index contributed by atoms with van der Waals surface area (Å²) >= 11 is 0. The van der Waals surface area contributed by atoms with Crippen molar-refractivity contribution in [1.82, 2.24) is 4.90 Å². The molecule has 2 atom stereocenters. The number of likely N-dealkylation sites (N-methyl/N-ethyl adjacent to an activating group) is 1. The van der Waals surface area contributed by atoms with E-state index in [2.05, 4.69) is 36.4 Å². The van der Waals surface area contributed by atoms with Crippen molar-refractivity contribution >= 4 is 5.69 Å². The number of ether oxygens (including phenoxy) is 1. The van der Waals surface area contributed by atoms with Crippen LogP contribution in [0.5, 0.6) is 0 Å². The first-order valence-corrected chi connectivity index (χ1v) is 11.8. The zero-order valence-electron chi connectivity index (χ0n) is 20.4. The van der Waals surface area contributed by atoms with E-state index in [0.29, 0.717) is 5.56 Å². The van der Waals surface area contributed by atoms with Gasteiger partial charge in [-0.05, 0) is 48.5 Å². The molecular formula is C30H30N2O4. The Balaban J connectivity index is 1.75. The zero-order chi connectivity index (χ0) is 25.5. The molecule has 6 heteroatoms. The molecule has 0 spiro atoms. The minimum absolute atomic E-state index is 0.0140. The highest BCUT2D eigenvalue weighted by atomic mass is 16.6. The minimum Gasteiger partial charge on any atom is -0.387 e. The molecule has 0 heterocycles. The van der Waals surface area contributed by atoms with E-state index in [4.69, 9.17) is 4.74 Å². The van der Waals surface area contributed by atoms with E-state index >= 15 is 0 Å². The van der Waals surface area contributed by atoms with E-state index < -0.39 is 22.7 Å². The van der Waals surface area contributed by atoms with Gasteiger partial charge in [-0.3, -0.25) is 10.1 Å². The van der Waals surface area contributed by atoms with Crippen LogP contribution in [0.4, 0.5) is 5.69 Å². The predicted octanol–water partition coefficient (Wildman–Crippen LogP) is 5.57. The topological polar surface area (TPSA) is 75.8 Å². The van der Waals surface area contributed by atoms with Gasteiger partial charge >= 0.3 is 0 Å². The van der Waals surface area contributed by atoms with E-state index in [1.54, 1.807) is 12.1 Å². The molecule has 0 aromatic heterocycles. The molecule has 184 valence electrons. The number of benzene rings is 4. The Morgan fingerprint density at radius 2 is 1.19 bits per heavy atom. The van der Waals surface area contributed by atoms with Gasteiger partial charge < -0.3 is 14.7 Å². The molecule has 0 aliphatic heterocycles. The normalized spacial score (nSPS) is 13.3. The third-order valence-corrected chi connectivity index (χ3v) is 6.48. The first kappa shape index (κ1) is 25.3. The van der Waals surface area contributed by atoms with Gasteiger partial charge in [0.2, 0.25) is 0 Å². The van der Waals surface area contributed by atoms with Gasteiger partial charge in [0.15, 0.2) is 0 Å². The summed E-state index contributed by atoms with van der Waals surface area (Å²) in [5.41, 5.74) is 2.60. The molecule has 0 aliphatic rings. The number of hydrogen-bond acceptors (Lipinski definition) is 5. The van der Waals surface area contributed by atoms with Crippen LogP contribution >= 0.6 is 0 Å². The number of nitrogens with zero attached hydrogens (tertiary/aromatic N) is 2. The summed E-state index contributed by atoms with van der Waals surface area (Å²) in [6.45, 7) is 0.198. The fraction of sp³-hybridized carbons (Fsp3) is 0.200. The van der Waals surface area contributed by atoms with Crippen LogP contribution < -0.4 is 0 Å². The van der Waals surface area contributed by atoms with Crippen LogP contribution in [-0.4, -0.2) is 41.7 Å². The van der Waals surface area contributed by atoms with Gasteiger partial charge in [0, 0.05) is 12.1 Å². The molecule has 0 saturated carbocycles. The number of nitro groups is 1. The maximum absolute atomic E-state index is 11.3. The number of nitro benzene ring substituents is 1. The van der Waals surface area contributed by atoms with E-state index in [1.165, 1.54) is 12.1 Å². The van der Waals surface area contributed by atoms with E-state index in [9.17, 15) is 15.2 Å². The molecule has 0 radical (unpaired) electrons. The lowest BCUT2D eigenvalue weighted by Gasteiger charge is -2.39. The summed E-state index contributed by atoms with van der Waals surface area (Å²) in [6, 6.07) is 35.8. The van der Waals surface area contributed by atoms with Crippen LogP contribution in [0, 0.1) is 10.1 Å². The maximum atomic E-state index is 11.3. The molecule has 6 nitrogen and oxygen atoms in total. The van der Waals surface area contributed by atoms with Crippen molar-refractivity contribution in [3.63, 3.8) is 0 Å². The first-order valence-electron chi connectivity index (χ1n) is 11.8. The van der Waals surface area contributed by atoms with Gasteiger partial charge in [-0.25, -0.2) is 0 Å². The molecule has 36 heavy (non-hydrogen) atoms. The third-order valence-electron chi connectivity index (χ3n) is 6.48. The molecule has 4 aromatic carbocycles. The quantitative estimate of drug-likeness (QED) is 0.182. The van der Waals surface area contributed by atoms with Crippen LogP contribution in [0.2, 0.25) is 0 Å². The zero-order valence-corrected chi connectivity index (χ0v) is 20.4. The van der Waals surface area contributed by atoms with E-state index in [0.717, 1.165) is 16.7 Å². The van der Waals surface area contributed by atoms with Gasteiger partial charge in [-0.2, -0.15) is 0 Å². The van der Waals surface area contributed by atoms with Gasteiger partial charge in [0.1, 0.15) is 5.60 Å². The van der Waals surface area contributed by atoms with Crippen LogP contribution in [0.3, 0.4) is 0 Å². The maximum Gasteiger partial charge on any atom is 0.269 e. The molecule has 0 saturated heterocycles. The number of hydrogen-bond donors (Lipinski definition) is 1. The highest BCUT2D eigenvalue weighted by Crippen LogP contribution is 2.41. The molecule has 4 rings (SSSR count). The lowest BCUT2D eigenvalue weighted by molar-refractivity contribution is -0.384. The second-order valence-corrected chi connectivity index (χ2v) is 8.91. The number of non-ortho nitro benzene ring substituents is 1. The second kappa shape index (κ2) is 11.3. The van der Waals surface area contributed by atoms with Gasteiger partial charge in [-0.15, -0.1) is 0 Å². The Labute approximate surface area is 211 Å². The van der Waals surface area contributed by atoms with Crippen LogP contribution in [0.15, 0.2) is 115 Å². The van der Waals surface area contributed by atoms with Gasteiger partial charge in [0.05, 0.1) is 23.7 Å². The average Bonchev–Trinajstić information content (AvgIpc) is 2.92. The third kappa shape index (κ3) is 5.21. The monoisotopic (exact) mass is 482 g/mol. The Hall–Kier alpha value is -3.84. The fourth-order valence-corrected chi connectivity index (χ4v) is 4.52.